The number of hydrogen-bond donors (Lipinski definition) is 2. The highest BCUT2D eigenvalue weighted by Gasteiger charge is 2.19. The molecule has 0 aliphatic carbocycles. The maximum atomic E-state index is 12.6. The number of amides is 2. The predicted molar refractivity (Wildman–Crippen MR) is 121 cm³/mol. The molecule has 0 fully saturated rings. The van der Waals surface area contributed by atoms with Crippen LogP contribution in [-0.2, 0) is 11.3 Å². The first-order valence-corrected chi connectivity index (χ1v) is 10.1. The summed E-state index contributed by atoms with van der Waals surface area (Å²) < 4.78 is 4.87. The summed E-state index contributed by atoms with van der Waals surface area (Å²) >= 11 is 0. The summed E-state index contributed by atoms with van der Waals surface area (Å²) in [4.78, 5) is 47.6. The lowest BCUT2D eigenvalue weighted by molar-refractivity contribution is -0.384. The molecule has 9 heteroatoms. The number of nitrogens with one attached hydrogen (secondary N) is 2. The fourth-order valence-corrected chi connectivity index (χ4v) is 3.01. The van der Waals surface area contributed by atoms with Crippen LogP contribution in [0.2, 0.25) is 0 Å². The Labute approximate surface area is 189 Å². The Morgan fingerprint density at radius 1 is 0.879 bits per heavy atom. The zero-order chi connectivity index (χ0) is 23.8. The zero-order valence-electron chi connectivity index (χ0n) is 17.7. The van der Waals surface area contributed by atoms with E-state index in [9.17, 15) is 24.5 Å². The highest BCUT2D eigenvalue weighted by Crippen LogP contribution is 2.19. The first-order valence-electron chi connectivity index (χ1n) is 10.1. The number of carbonyl (C=O) groups excluding carboxylic acids is 3. The number of benzene rings is 3. The Kier molecular flexibility index (Phi) is 7.48. The summed E-state index contributed by atoms with van der Waals surface area (Å²) in [5.74, 6) is -1.66. The Morgan fingerprint density at radius 2 is 1.61 bits per heavy atom. The second-order valence-corrected chi connectivity index (χ2v) is 6.95. The zero-order valence-corrected chi connectivity index (χ0v) is 17.7. The van der Waals surface area contributed by atoms with Gasteiger partial charge in [0.05, 0.1) is 17.1 Å². The lowest BCUT2D eigenvalue weighted by atomic mass is 10.1. The van der Waals surface area contributed by atoms with Crippen molar-refractivity contribution in [3.05, 3.63) is 105 Å². The van der Waals surface area contributed by atoms with Crippen molar-refractivity contribution in [1.29, 1.82) is 0 Å². The van der Waals surface area contributed by atoms with Gasteiger partial charge >= 0.3 is 5.97 Å². The summed E-state index contributed by atoms with van der Waals surface area (Å²) in [5, 5.41) is 16.6. The number of carbonyl (C=O) groups is 3. The average molecular weight is 447 g/mol. The quantitative estimate of drug-likeness (QED) is 0.306. The number of hydrogen-bond acceptors (Lipinski definition) is 6. The predicted octanol–water partition coefficient (Wildman–Crippen LogP) is 3.95. The van der Waals surface area contributed by atoms with Gasteiger partial charge in [-0.3, -0.25) is 19.7 Å². The molecule has 0 aromatic heterocycles. The molecule has 0 saturated heterocycles. The van der Waals surface area contributed by atoms with Crippen LogP contribution in [0.5, 0.6) is 0 Å². The average Bonchev–Trinajstić information content (AvgIpc) is 2.83. The van der Waals surface area contributed by atoms with E-state index in [2.05, 4.69) is 10.6 Å². The molecule has 168 valence electrons. The van der Waals surface area contributed by atoms with Crippen molar-refractivity contribution in [1.82, 2.24) is 5.32 Å². The third kappa shape index (κ3) is 6.23. The largest absolute Gasteiger partial charge is 0.462 e. The SMILES string of the molecule is CCOC(=O)c1cc(C(=O)NCc2cccc(C(=O)Nc3ccccc3)c2)cc([N+](=O)[O-])c1. The third-order valence-corrected chi connectivity index (χ3v) is 4.58. The fourth-order valence-electron chi connectivity index (χ4n) is 3.01. The third-order valence-electron chi connectivity index (χ3n) is 4.58. The van der Waals surface area contributed by atoms with Crippen LogP contribution >= 0.6 is 0 Å². The molecule has 0 spiro atoms. The van der Waals surface area contributed by atoms with Gasteiger partial charge in [-0.1, -0.05) is 30.3 Å². The van der Waals surface area contributed by atoms with Gasteiger partial charge < -0.3 is 15.4 Å². The maximum absolute atomic E-state index is 12.6. The van der Waals surface area contributed by atoms with E-state index in [0.717, 1.165) is 12.1 Å². The Morgan fingerprint density at radius 3 is 2.30 bits per heavy atom. The standard InChI is InChI=1S/C24H21N3O6/c1-2-33-24(30)19-12-18(13-21(14-19)27(31)32)22(28)25-15-16-7-6-8-17(11-16)23(29)26-20-9-4-3-5-10-20/h3-14H,2,15H2,1H3,(H,25,28)(H,26,29). The molecular formula is C24H21N3O6. The number of anilines is 1. The summed E-state index contributed by atoms with van der Waals surface area (Å²) in [6.07, 6.45) is 0. The van der Waals surface area contributed by atoms with Crippen molar-refractivity contribution in [2.45, 2.75) is 13.5 Å². The van der Waals surface area contributed by atoms with Crippen LogP contribution in [-0.4, -0.2) is 29.3 Å². The molecule has 3 aromatic rings. The minimum absolute atomic E-state index is 0.0507. The summed E-state index contributed by atoms with van der Waals surface area (Å²) in [7, 11) is 0. The maximum Gasteiger partial charge on any atom is 0.338 e. The summed E-state index contributed by atoms with van der Waals surface area (Å²) in [6.45, 7) is 1.77. The van der Waals surface area contributed by atoms with E-state index in [1.54, 1.807) is 43.3 Å². The van der Waals surface area contributed by atoms with Gasteiger partial charge in [-0.2, -0.15) is 0 Å². The van der Waals surface area contributed by atoms with E-state index >= 15 is 0 Å². The number of ether oxygens (including phenoxy) is 1. The Balaban J connectivity index is 1.72. The molecule has 0 radical (unpaired) electrons. The summed E-state index contributed by atoms with van der Waals surface area (Å²) in [5.41, 5.74) is 1.18. The van der Waals surface area contributed by atoms with Crippen LogP contribution in [0.1, 0.15) is 43.6 Å². The molecule has 0 bridgehead atoms. The van der Waals surface area contributed by atoms with Gasteiger partial charge in [0.25, 0.3) is 17.5 Å². The number of rotatable bonds is 8. The number of nitro benzene ring substituents is 1. The molecule has 0 atom stereocenters. The van der Waals surface area contributed by atoms with Crippen LogP contribution in [0.25, 0.3) is 0 Å². The molecule has 2 N–H and O–H groups in total. The second kappa shape index (κ2) is 10.7. The molecule has 0 saturated carbocycles. The Hall–Kier alpha value is -4.53. The van der Waals surface area contributed by atoms with Crippen molar-refractivity contribution in [3.8, 4) is 0 Å². The van der Waals surface area contributed by atoms with Crippen molar-refractivity contribution in [3.63, 3.8) is 0 Å². The lowest BCUT2D eigenvalue weighted by Gasteiger charge is -2.09. The molecular weight excluding hydrogens is 426 g/mol. The first-order chi connectivity index (χ1) is 15.9. The molecule has 2 amide bonds. The molecule has 3 aromatic carbocycles. The van der Waals surface area contributed by atoms with Crippen LogP contribution < -0.4 is 10.6 Å². The molecule has 9 nitrogen and oxygen atoms in total. The number of nitro groups is 1. The van der Waals surface area contributed by atoms with Crippen LogP contribution in [0, 0.1) is 10.1 Å². The van der Waals surface area contributed by atoms with E-state index < -0.39 is 22.5 Å². The number of para-hydroxylation sites is 1. The van der Waals surface area contributed by atoms with Gasteiger partial charge in [-0.05, 0) is 42.8 Å². The molecule has 0 aliphatic heterocycles. The number of nitrogens with zero attached hydrogens (tertiary/aromatic N) is 1. The number of esters is 1. The van der Waals surface area contributed by atoms with E-state index in [1.807, 2.05) is 18.2 Å². The van der Waals surface area contributed by atoms with Crippen molar-refractivity contribution < 1.29 is 24.0 Å². The fraction of sp³-hybridized carbons (Fsp3) is 0.125. The molecule has 3 rings (SSSR count). The van der Waals surface area contributed by atoms with Gasteiger partial charge in [0.2, 0.25) is 0 Å². The smallest absolute Gasteiger partial charge is 0.338 e. The van der Waals surface area contributed by atoms with E-state index in [-0.39, 0.29) is 30.2 Å². The van der Waals surface area contributed by atoms with Gasteiger partial charge in [-0.15, -0.1) is 0 Å². The van der Waals surface area contributed by atoms with Crippen LogP contribution in [0.15, 0.2) is 72.8 Å². The molecule has 0 unspecified atom stereocenters. The molecule has 33 heavy (non-hydrogen) atoms. The van der Waals surface area contributed by atoms with Gasteiger partial charge in [0, 0.05) is 35.5 Å². The van der Waals surface area contributed by atoms with Crippen LogP contribution in [0.4, 0.5) is 11.4 Å². The highest BCUT2D eigenvalue weighted by molar-refractivity contribution is 6.04. The van der Waals surface area contributed by atoms with Crippen molar-refractivity contribution in [2.24, 2.45) is 0 Å². The normalized spacial score (nSPS) is 10.2. The van der Waals surface area contributed by atoms with Gasteiger partial charge in [0.1, 0.15) is 0 Å². The monoisotopic (exact) mass is 447 g/mol. The molecule has 0 aliphatic rings. The second-order valence-electron chi connectivity index (χ2n) is 6.95. The molecule has 0 heterocycles. The highest BCUT2D eigenvalue weighted by atomic mass is 16.6. The number of non-ortho nitro benzene ring substituents is 1. The minimum atomic E-state index is -0.757. The van der Waals surface area contributed by atoms with Crippen molar-refractivity contribution in [2.75, 3.05) is 11.9 Å². The first kappa shape index (κ1) is 23.1. The van der Waals surface area contributed by atoms with E-state index in [4.69, 9.17) is 4.74 Å². The van der Waals surface area contributed by atoms with Gasteiger partial charge in [0.15, 0.2) is 0 Å². The lowest BCUT2D eigenvalue weighted by Crippen LogP contribution is -2.23. The summed E-state index contributed by atoms with van der Waals surface area (Å²) in [6, 6.07) is 19.1. The van der Waals surface area contributed by atoms with E-state index in [0.29, 0.717) is 16.8 Å². The van der Waals surface area contributed by atoms with Crippen LogP contribution in [0.3, 0.4) is 0 Å². The van der Waals surface area contributed by atoms with E-state index in [1.165, 1.54) is 6.07 Å². The topological polar surface area (TPSA) is 128 Å². The minimum Gasteiger partial charge on any atom is -0.462 e. The Bertz CT molecular complexity index is 1190. The van der Waals surface area contributed by atoms with Crippen molar-refractivity contribution >= 4 is 29.2 Å². The van der Waals surface area contributed by atoms with Gasteiger partial charge in [-0.25, -0.2) is 4.79 Å².